The normalized spacial score (nSPS) is 14.0. The van der Waals surface area contributed by atoms with Gasteiger partial charge in [-0.3, -0.25) is 0 Å². The molecule has 0 bridgehead atoms. The van der Waals surface area contributed by atoms with Crippen LogP contribution in [0.5, 0.6) is 5.75 Å². The molecule has 1 aliphatic heterocycles. The van der Waals surface area contributed by atoms with Crippen molar-refractivity contribution < 1.29 is 18.7 Å². The molecule has 30 heavy (non-hydrogen) atoms. The number of hydrogen-bond donors (Lipinski definition) is 0. The fourth-order valence-corrected chi connectivity index (χ4v) is 3.10. The van der Waals surface area contributed by atoms with Gasteiger partial charge in [-0.2, -0.15) is 5.26 Å². The van der Waals surface area contributed by atoms with E-state index >= 15 is 0 Å². The highest BCUT2D eigenvalue weighted by atomic mass is 19.1. The number of amides is 1. The quantitative estimate of drug-likeness (QED) is 0.689. The largest absolute Gasteiger partial charge is 0.489 e. The SMILES string of the molecule is CC(C)(C)OC(=O)N1CC=C(c2cccc(OCc3ccc(C#N)cc3F)c2)CC1. The number of carbonyl (C=O) groups is 1. The van der Waals surface area contributed by atoms with Gasteiger partial charge in [0.2, 0.25) is 0 Å². The molecule has 2 aromatic rings. The summed E-state index contributed by atoms with van der Waals surface area (Å²) in [6.07, 6.45) is 2.43. The molecule has 0 aromatic heterocycles. The molecule has 0 spiro atoms. The van der Waals surface area contributed by atoms with Gasteiger partial charge in [0.1, 0.15) is 23.8 Å². The second-order valence-corrected chi connectivity index (χ2v) is 8.14. The molecule has 0 N–H and O–H groups in total. The van der Waals surface area contributed by atoms with Gasteiger partial charge in [-0.1, -0.05) is 24.3 Å². The van der Waals surface area contributed by atoms with Crippen LogP contribution < -0.4 is 4.74 Å². The predicted octanol–water partition coefficient (Wildman–Crippen LogP) is 5.30. The summed E-state index contributed by atoms with van der Waals surface area (Å²) in [5, 5.41) is 8.83. The van der Waals surface area contributed by atoms with Gasteiger partial charge >= 0.3 is 6.09 Å². The maximum atomic E-state index is 14.0. The number of halogens is 1. The lowest BCUT2D eigenvalue weighted by Gasteiger charge is -2.29. The standard InChI is InChI=1S/C24H25FN2O3/c1-24(2,3)30-23(28)27-11-9-18(10-12-27)19-5-4-6-21(14-19)29-16-20-8-7-17(15-26)13-22(20)25/h4-9,13-14H,10-12,16H2,1-3H3. The third-order valence-corrected chi connectivity index (χ3v) is 4.64. The van der Waals surface area contributed by atoms with Gasteiger partial charge in [0.05, 0.1) is 11.6 Å². The number of benzene rings is 2. The second-order valence-electron chi connectivity index (χ2n) is 8.14. The average Bonchev–Trinajstić information content (AvgIpc) is 2.72. The van der Waals surface area contributed by atoms with Gasteiger partial charge in [0.15, 0.2) is 0 Å². The minimum absolute atomic E-state index is 0.0759. The summed E-state index contributed by atoms with van der Waals surface area (Å²) < 4.78 is 25.2. The lowest BCUT2D eigenvalue weighted by Crippen LogP contribution is -2.39. The monoisotopic (exact) mass is 408 g/mol. The molecule has 6 heteroatoms. The average molecular weight is 408 g/mol. The first-order chi connectivity index (χ1) is 14.2. The van der Waals surface area contributed by atoms with Gasteiger partial charge in [-0.05, 0) is 62.6 Å². The van der Waals surface area contributed by atoms with Crippen molar-refractivity contribution in [2.45, 2.75) is 39.4 Å². The van der Waals surface area contributed by atoms with Crippen LogP contribution in [0.25, 0.3) is 5.57 Å². The summed E-state index contributed by atoms with van der Waals surface area (Å²) in [5.74, 6) is 0.175. The van der Waals surface area contributed by atoms with Crippen molar-refractivity contribution >= 4 is 11.7 Å². The lowest BCUT2D eigenvalue weighted by atomic mass is 9.99. The van der Waals surface area contributed by atoms with Crippen molar-refractivity contribution in [2.24, 2.45) is 0 Å². The molecule has 1 aliphatic rings. The highest BCUT2D eigenvalue weighted by Crippen LogP contribution is 2.27. The minimum Gasteiger partial charge on any atom is -0.489 e. The zero-order valence-electron chi connectivity index (χ0n) is 17.4. The Bertz CT molecular complexity index is 1000. The van der Waals surface area contributed by atoms with Crippen LogP contribution in [-0.4, -0.2) is 29.7 Å². The van der Waals surface area contributed by atoms with E-state index in [0.717, 1.165) is 11.1 Å². The first-order valence-electron chi connectivity index (χ1n) is 9.84. The Morgan fingerprint density at radius 1 is 1.23 bits per heavy atom. The number of carbonyl (C=O) groups excluding carboxylic acids is 1. The highest BCUT2D eigenvalue weighted by molar-refractivity contribution is 5.73. The molecule has 0 aliphatic carbocycles. The van der Waals surface area contributed by atoms with Crippen LogP contribution in [0.2, 0.25) is 0 Å². The van der Waals surface area contributed by atoms with Crippen LogP contribution in [0.15, 0.2) is 48.5 Å². The molecule has 1 heterocycles. The van der Waals surface area contributed by atoms with Crippen molar-refractivity contribution in [3.05, 3.63) is 71.0 Å². The van der Waals surface area contributed by atoms with Crippen LogP contribution >= 0.6 is 0 Å². The predicted molar refractivity (Wildman–Crippen MR) is 112 cm³/mol. The van der Waals surface area contributed by atoms with Crippen LogP contribution in [0.3, 0.4) is 0 Å². The first-order valence-corrected chi connectivity index (χ1v) is 9.84. The van der Waals surface area contributed by atoms with E-state index in [1.807, 2.05) is 57.2 Å². The summed E-state index contributed by atoms with van der Waals surface area (Å²) in [6, 6.07) is 13.9. The summed E-state index contributed by atoms with van der Waals surface area (Å²) in [7, 11) is 0. The molecule has 5 nitrogen and oxygen atoms in total. The summed E-state index contributed by atoms with van der Waals surface area (Å²) >= 11 is 0. The zero-order valence-corrected chi connectivity index (χ0v) is 17.4. The molecule has 0 saturated heterocycles. The fourth-order valence-electron chi connectivity index (χ4n) is 3.10. The molecular weight excluding hydrogens is 383 g/mol. The Kier molecular flexibility index (Phi) is 6.41. The van der Waals surface area contributed by atoms with Crippen LogP contribution in [0.1, 0.15) is 43.9 Å². The molecule has 0 radical (unpaired) electrons. The molecule has 2 aromatic carbocycles. The van der Waals surface area contributed by atoms with Crippen molar-refractivity contribution in [1.29, 1.82) is 5.26 Å². The summed E-state index contributed by atoms with van der Waals surface area (Å²) in [5.41, 5.74) is 2.30. The third kappa shape index (κ3) is 5.60. The van der Waals surface area contributed by atoms with Gasteiger partial charge < -0.3 is 14.4 Å². The molecule has 0 unspecified atom stereocenters. The van der Waals surface area contributed by atoms with Crippen molar-refractivity contribution in [3.8, 4) is 11.8 Å². The Labute approximate surface area is 176 Å². The van der Waals surface area contributed by atoms with Crippen molar-refractivity contribution in [3.63, 3.8) is 0 Å². The maximum Gasteiger partial charge on any atom is 0.410 e. The van der Waals surface area contributed by atoms with E-state index in [1.165, 1.54) is 6.07 Å². The highest BCUT2D eigenvalue weighted by Gasteiger charge is 2.23. The van der Waals surface area contributed by atoms with E-state index in [1.54, 1.807) is 17.0 Å². The van der Waals surface area contributed by atoms with Gasteiger partial charge in [-0.15, -0.1) is 0 Å². The van der Waals surface area contributed by atoms with Gasteiger partial charge in [0, 0.05) is 18.7 Å². The number of rotatable bonds is 4. The minimum atomic E-state index is -0.513. The van der Waals surface area contributed by atoms with E-state index in [0.29, 0.717) is 30.8 Å². The van der Waals surface area contributed by atoms with E-state index in [9.17, 15) is 9.18 Å². The Balaban J connectivity index is 1.63. The molecule has 0 saturated carbocycles. The van der Waals surface area contributed by atoms with E-state index < -0.39 is 11.4 Å². The van der Waals surface area contributed by atoms with E-state index in [2.05, 4.69) is 0 Å². The molecule has 0 atom stereocenters. The number of ether oxygens (including phenoxy) is 2. The van der Waals surface area contributed by atoms with Crippen LogP contribution in [0.4, 0.5) is 9.18 Å². The van der Waals surface area contributed by atoms with Crippen molar-refractivity contribution in [1.82, 2.24) is 4.90 Å². The summed E-state index contributed by atoms with van der Waals surface area (Å²) in [4.78, 5) is 13.9. The number of hydrogen-bond acceptors (Lipinski definition) is 4. The van der Waals surface area contributed by atoms with Crippen LogP contribution in [0, 0.1) is 17.1 Å². The molecular formula is C24H25FN2O3. The molecule has 0 fully saturated rings. The molecule has 156 valence electrons. The van der Waals surface area contributed by atoms with Crippen LogP contribution in [-0.2, 0) is 11.3 Å². The summed E-state index contributed by atoms with van der Waals surface area (Å²) in [6.45, 7) is 6.71. The van der Waals surface area contributed by atoms with E-state index in [4.69, 9.17) is 14.7 Å². The topological polar surface area (TPSA) is 62.6 Å². The fraction of sp³-hybridized carbons (Fsp3) is 0.333. The Morgan fingerprint density at radius 3 is 2.67 bits per heavy atom. The third-order valence-electron chi connectivity index (χ3n) is 4.64. The van der Waals surface area contributed by atoms with E-state index in [-0.39, 0.29) is 18.3 Å². The van der Waals surface area contributed by atoms with Crippen molar-refractivity contribution in [2.75, 3.05) is 13.1 Å². The Hall–Kier alpha value is -3.33. The van der Waals surface area contributed by atoms with Gasteiger partial charge in [0.25, 0.3) is 0 Å². The lowest BCUT2D eigenvalue weighted by molar-refractivity contribution is 0.0270. The molecule has 3 rings (SSSR count). The maximum absolute atomic E-state index is 14.0. The zero-order chi connectivity index (χ0) is 21.7. The first kappa shape index (κ1) is 21.4. The Morgan fingerprint density at radius 2 is 2.03 bits per heavy atom. The number of nitrogens with zero attached hydrogens (tertiary/aromatic N) is 2. The second kappa shape index (κ2) is 9.00. The smallest absolute Gasteiger partial charge is 0.410 e. The number of nitriles is 1. The van der Waals surface area contributed by atoms with Gasteiger partial charge in [-0.25, -0.2) is 9.18 Å². The molecule has 1 amide bonds.